The van der Waals surface area contributed by atoms with E-state index in [2.05, 4.69) is 34.3 Å². The number of hydrogen-bond donors (Lipinski definition) is 1. The van der Waals surface area contributed by atoms with Crippen molar-refractivity contribution in [1.29, 1.82) is 0 Å². The van der Waals surface area contributed by atoms with E-state index in [-0.39, 0.29) is 11.8 Å². The van der Waals surface area contributed by atoms with Crippen LogP contribution in [0.4, 0.5) is 5.13 Å². The van der Waals surface area contributed by atoms with Gasteiger partial charge in [-0.1, -0.05) is 66.2 Å². The van der Waals surface area contributed by atoms with Gasteiger partial charge in [0.05, 0.1) is 0 Å². The van der Waals surface area contributed by atoms with Crippen molar-refractivity contribution in [3.63, 3.8) is 0 Å². The van der Waals surface area contributed by atoms with Gasteiger partial charge in [0.2, 0.25) is 11.0 Å². The molecule has 146 valence electrons. The summed E-state index contributed by atoms with van der Waals surface area (Å²) >= 11 is 15.6. The second kappa shape index (κ2) is 9.56. The molecule has 3 rings (SSSR count). The molecule has 1 amide bonds. The first kappa shape index (κ1) is 20.9. The molecule has 1 aliphatic heterocycles. The van der Waals surface area contributed by atoms with Crippen molar-refractivity contribution in [1.82, 2.24) is 15.1 Å². The van der Waals surface area contributed by atoms with E-state index < -0.39 is 0 Å². The maximum absolute atomic E-state index is 12.5. The zero-order valence-electron chi connectivity index (χ0n) is 15.2. The number of anilines is 1. The fraction of sp³-hybridized carbons (Fsp3) is 0.500. The monoisotopic (exact) mass is 444 g/mol. The number of piperidine rings is 1. The highest BCUT2D eigenvalue weighted by atomic mass is 35.5. The van der Waals surface area contributed by atoms with Crippen molar-refractivity contribution in [2.24, 2.45) is 5.92 Å². The van der Waals surface area contributed by atoms with E-state index in [1.165, 1.54) is 11.3 Å². The van der Waals surface area contributed by atoms with Crippen molar-refractivity contribution in [3.05, 3.63) is 33.8 Å². The van der Waals surface area contributed by atoms with Gasteiger partial charge in [0.1, 0.15) is 0 Å². The summed E-state index contributed by atoms with van der Waals surface area (Å²) in [6, 6.07) is 5.57. The molecule has 1 N–H and O–H groups in total. The smallest absolute Gasteiger partial charge is 0.229 e. The second-order valence-electron chi connectivity index (χ2n) is 6.78. The molecule has 2 heterocycles. The van der Waals surface area contributed by atoms with E-state index in [1.807, 2.05) is 18.2 Å². The molecule has 0 atom stereocenters. The van der Waals surface area contributed by atoms with Crippen molar-refractivity contribution in [2.45, 2.75) is 42.8 Å². The fourth-order valence-electron chi connectivity index (χ4n) is 2.98. The summed E-state index contributed by atoms with van der Waals surface area (Å²) in [4.78, 5) is 14.8. The van der Waals surface area contributed by atoms with Crippen molar-refractivity contribution in [2.75, 3.05) is 18.4 Å². The normalized spacial score (nSPS) is 16.0. The Kier molecular flexibility index (Phi) is 7.39. The van der Waals surface area contributed by atoms with Crippen LogP contribution in [-0.2, 0) is 11.3 Å². The van der Waals surface area contributed by atoms with Crippen LogP contribution in [0.2, 0.25) is 10.0 Å². The van der Waals surface area contributed by atoms with Crippen molar-refractivity contribution >= 4 is 57.3 Å². The lowest BCUT2D eigenvalue weighted by Gasteiger charge is -2.31. The van der Waals surface area contributed by atoms with Gasteiger partial charge in [0.25, 0.3) is 0 Å². The maximum Gasteiger partial charge on any atom is 0.229 e. The van der Waals surface area contributed by atoms with Crippen molar-refractivity contribution in [3.8, 4) is 0 Å². The number of halogens is 2. The van der Waals surface area contributed by atoms with Gasteiger partial charge in [-0.2, -0.15) is 0 Å². The number of hydrogen-bond acceptors (Lipinski definition) is 6. The lowest BCUT2D eigenvalue weighted by Crippen LogP contribution is -2.37. The first-order valence-electron chi connectivity index (χ1n) is 8.88. The number of benzene rings is 1. The van der Waals surface area contributed by atoms with Crippen LogP contribution in [0.25, 0.3) is 0 Å². The molecule has 0 radical (unpaired) electrons. The minimum atomic E-state index is -0.00642. The molecular weight excluding hydrogens is 423 g/mol. The zero-order chi connectivity index (χ0) is 19.4. The highest BCUT2D eigenvalue weighted by Gasteiger charge is 2.26. The predicted octanol–water partition coefficient (Wildman–Crippen LogP) is 5.20. The Labute approximate surface area is 177 Å². The van der Waals surface area contributed by atoms with E-state index in [4.69, 9.17) is 23.2 Å². The van der Waals surface area contributed by atoms with E-state index in [1.54, 1.807) is 11.8 Å². The third kappa shape index (κ3) is 5.81. The third-order valence-corrected chi connectivity index (χ3v) is 7.01. The minimum Gasteiger partial charge on any atom is -0.300 e. The Morgan fingerprint density at radius 1 is 1.30 bits per heavy atom. The molecule has 0 aliphatic carbocycles. The lowest BCUT2D eigenvalue weighted by molar-refractivity contribution is -0.121. The molecule has 0 unspecified atom stereocenters. The van der Waals surface area contributed by atoms with Crippen LogP contribution in [0.5, 0.6) is 0 Å². The molecule has 1 aromatic heterocycles. The topological polar surface area (TPSA) is 58.1 Å². The summed E-state index contributed by atoms with van der Waals surface area (Å²) in [5, 5.41) is 13.5. The summed E-state index contributed by atoms with van der Waals surface area (Å²) < 4.78 is 0.881. The standard InChI is InChI=1S/C18H22Cl2N4OS2/c1-11(2)26-18-23-22-17(27-18)21-16(25)12-6-8-24(9-7-12)10-13-14(19)4-3-5-15(13)20/h3-5,11-12H,6-10H2,1-2H3,(H,21,22,25). The van der Waals surface area contributed by atoms with Crippen LogP contribution in [0.1, 0.15) is 32.3 Å². The summed E-state index contributed by atoms with van der Waals surface area (Å²) in [5.74, 6) is 0.0238. The van der Waals surface area contributed by atoms with E-state index in [0.29, 0.717) is 27.0 Å². The third-order valence-electron chi connectivity index (χ3n) is 4.37. The largest absolute Gasteiger partial charge is 0.300 e. The molecule has 1 saturated heterocycles. The second-order valence-corrected chi connectivity index (χ2v) is 10.4. The average molecular weight is 445 g/mol. The van der Waals surface area contributed by atoms with Gasteiger partial charge in [-0.25, -0.2) is 0 Å². The van der Waals surface area contributed by atoms with Crippen LogP contribution in [0.15, 0.2) is 22.5 Å². The Hall–Kier alpha value is -0.860. The fourth-order valence-corrected chi connectivity index (χ4v) is 5.47. The maximum atomic E-state index is 12.5. The van der Waals surface area contributed by atoms with Crippen LogP contribution < -0.4 is 5.32 Å². The number of thioether (sulfide) groups is 1. The van der Waals surface area contributed by atoms with Gasteiger partial charge in [-0.15, -0.1) is 10.2 Å². The minimum absolute atomic E-state index is 0.00642. The summed E-state index contributed by atoms with van der Waals surface area (Å²) in [6.07, 6.45) is 1.61. The van der Waals surface area contributed by atoms with Gasteiger partial charge in [-0.05, 0) is 38.1 Å². The highest BCUT2D eigenvalue weighted by molar-refractivity contribution is 8.01. The number of nitrogens with one attached hydrogen (secondary N) is 1. The molecule has 1 aromatic carbocycles. The number of carbonyl (C=O) groups is 1. The Morgan fingerprint density at radius 3 is 2.59 bits per heavy atom. The van der Waals surface area contributed by atoms with Crippen LogP contribution in [0, 0.1) is 5.92 Å². The number of nitrogens with zero attached hydrogens (tertiary/aromatic N) is 3. The number of carbonyl (C=O) groups excluding carboxylic acids is 1. The molecule has 0 spiro atoms. The Balaban J connectivity index is 1.50. The molecular formula is C18H22Cl2N4OS2. The molecule has 0 saturated carbocycles. The van der Waals surface area contributed by atoms with Crippen molar-refractivity contribution < 1.29 is 4.79 Å². The van der Waals surface area contributed by atoms with E-state index in [9.17, 15) is 4.79 Å². The number of amides is 1. The Bertz CT molecular complexity index is 771. The van der Waals surface area contributed by atoms with Gasteiger partial charge >= 0.3 is 0 Å². The zero-order valence-corrected chi connectivity index (χ0v) is 18.4. The van der Waals surface area contributed by atoms with Gasteiger partial charge in [-0.3, -0.25) is 9.69 Å². The van der Waals surface area contributed by atoms with E-state index in [0.717, 1.165) is 35.8 Å². The average Bonchev–Trinajstić information content (AvgIpc) is 3.05. The van der Waals surface area contributed by atoms with Crippen LogP contribution in [0.3, 0.4) is 0 Å². The number of rotatable bonds is 6. The van der Waals surface area contributed by atoms with Gasteiger partial charge in [0, 0.05) is 33.3 Å². The molecule has 1 aliphatic rings. The summed E-state index contributed by atoms with van der Waals surface area (Å²) in [7, 11) is 0. The summed E-state index contributed by atoms with van der Waals surface area (Å²) in [6.45, 7) is 6.59. The summed E-state index contributed by atoms with van der Waals surface area (Å²) in [5.41, 5.74) is 0.952. The first-order valence-corrected chi connectivity index (χ1v) is 11.3. The van der Waals surface area contributed by atoms with Gasteiger partial charge in [0.15, 0.2) is 4.34 Å². The first-order chi connectivity index (χ1) is 12.9. The number of likely N-dealkylation sites (tertiary alicyclic amines) is 1. The molecule has 5 nitrogen and oxygen atoms in total. The van der Waals surface area contributed by atoms with E-state index >= 15 is 0 Å². The SMILES string of the molecule is CC(C)Sc1nnc(NC(=O)C2CCN(Cc3c(Cl)cccc3Cl)CC2)s1. The molecule has 0 bridgehead atoms. The van der Waals surface area contributed by atoms with Crippen LogP contribution >= 0.6 is 46.3 Å². The molecule has 27 heavy (non-hydrogen) atoms. The lowest BCUT2D eigenvalue weighted by atomic mass is 9.95. The quantitative estimate of drug-likeness (QED) is 0.490. The predicted molar refractivity (Wildman–Crippen MR) is 114 cm³/mol. The van der Waals surface area contributed by atoms with Gasteiger partial charge < -0.3 is 5.32 Å². The molecule has 9 heteroatoms. The Morgan fingerprint density at radius 2 is 1.96 bits per heavy atom. The van der Waals surface area contributed by atoms with Crippen LogP contribution in [-0.4, -0.2) is 39.3 Å². The molecule has 1 fully saturated rings. The molecule has 2 aromatic rings. The number of aromatic nitrogens is 2. The highest BCUT2D eigenvalue weighted by Crippen LogP contribution is 2.30.